The molecule has 1 amide bonds. The first kappa shape index (κ1) is 15.5. The number of hydrogen-bond acceptors (Lipinski definition) is 6. The van der Waals surface area contributed by atoms with E-state index < -0.39 is 9.84 Å². The summed E-state index contributed by atoms with van der Waals surface area (Å²) >= 11 is 0. The Morgan fingerprint density at radius 1 is 1.45 bits per heavy atom. The molecule has 122 valence electrons. The third-order valence-electron chi connectivity index (χ3n) is 4.50. The molecule has 22 heavy (non-hydrogen) atoms. The van der Waals surface area contributed by atoms with Crippen LogP contribution in [-0.2, 0) is 14.6 Å². The van der Waals surface area contributed by atoms with E-state index in [2.05, 4.69) is 10.5 Å². The largest absolute Gasteiger partial charge is 0.360 e. The maximum atomic E-state index is 12.2. The van der Waals surface area contributed by atoms with Gasteiger partial charge in [0.15, 0.2) is 15.7 Å². The molecule has 2 aliphatic rings. The fourth-order valence-corrected chi connectivity index (χ4v) is 5.57. The SMILES string of the molecule is Cc1cc(NC(=O)CN2CCS(=O)(=O)C3CCCCC32)no1. The molecule has 1 saturated carbocycles. The molecule has 0 radical (unpaired) electrons. The smallest absolute Gasteiger partial charge is 0.239 e. The van der Waals surface area contributed by atoms with Gasteiger partial charge in [0.1, 0.15) is 5.76 Å². The second kappa shape index (κ2) is 6.00. The van der Waals surface area contributed by atoms with Crippen molar-refractivity contribution < 1.29 is 17.7 Å². The Kier molecular flexibility index (Phi) is 4.22. The van der Waals surface area contributed by atoms with Crippen LogP contribution in [0.2, 0.25) is 0 Å². The van der Waals surface area contributed by atoms with E-state index in [-0.39, 0.29) is 29.5 Å². The van der Waals surface area contributed by atoms with E-state index >= 15 is 0 Å². The lowest BCUT2D eigenvalue weighted by molar-refractivity contribution is -0.118. The van der Waals surface area contributed by atoms with Gasteiger partial charge in [-0.15, -0.1) is 0 Å². The van der Waals surface area contributed by atoms with Crippen molar-refractivity contribution in [2.45, 2.75) is 43.9 Å². The quantitative estimate of drug-likeness (QED) is 0.889. The van der Waals surface area contributed by atoms with E-state index in [4.69, 9.17) is 4.52 Å². The number of fused-ring (bicyclic) bond motifs is 1. The maximum absolute atomic E-state index is 12.2. The van der Waals surface area contributed by atoms with Gasteiger partial charge < -0.3 is 9.84 Å². The Bertz CT molecular complexity index is 655. The molecular formula is C14H21N3O4S. The van der Waals surface area contributed by atoms with Gasteiger partial charge in [-0.05, 0) is 19.8 Å². The summed E-state index contributed by atoms with van der Waals surface area (Å²) in [5, 5.41) is 6.12. The molecule has 0 aromatic carbocycles. The first-order valence-electron chi connectivity index (χ1n) is 7.64. The van der Waals surface area contributed by atoms with Gasteiger partial charge in [-0.2, -0.15) is 0 Å². The summed E-state index contributed by atoms with van der Waals surface area (Å²) in [7, 11) is -3.01. The normalized spacial score (nSPS) is 28.0. The topological polar surface area (TPSA) is 92.5 Å². The van der Waals surface area contributed by atoms with Crippen molar-refractivity contribution in [3.8, 4) is 0 Å². The van der Waals surface area contributed by atoms with Gasteiger partial charge in [-0.3, -0.25) is 9.69 Å². The molecule has 8 heteroatoms. The molecular weight excluding hydrogens is 306 g/mol. The number of amides is 1. The highest BCUT2D eigenvalue weighted by Crippen LogP contribution is 2.31. The number of nitrogens with one attached hydrogen (secondary N) is 1. The van der Waals surface area contributed by atoms with E-state index in [9.17, 15) is 13.2 Å². The number of anilines is 1. The lowest BCUT2D eigenvalue weighted by Gasteiger charge is -2.43. The molecule has 1 saturated heterocycles. The second-order valence-electron chi connectivity index (χ2n) is 6.10. The molecule has 1 aromatic rings. The van der Waals surface area contributed by atoms with Crippen LogP contribution in [0.5, 0.6) is 0 Å². The Morgan fingerprint density at radius 3 is 2.95 bits per heavy atom. The summed E-state index contributed by atoms with van der Waals surface area (Å²) in [5.41, 5.74) is 0. The molecule has 1 aliphatic carbocycles. The van der Waals surface area contributed by atoms with Crippen LogP contribution in [-0.4, -0.2) is 54.5 Å². The molecule has 7 nitrogen and oxygen atoms in total. The van der Waals surface area contributed by atoms with E-state index in [1.165, 1.54) is 0 Å². The summed E-state index contributed by atoms with van der Waals surface area (Å²) in [5.74, 6) is 0.987. The predicted octanol–water partition coefficient (Wildman–Crippen LogP) is 0.963. The van der Waals surface area contributed by atoms with E-state index in [0.29, 0.717) is 24.5 Å². The van der Waals surface area contributed by atoms with Gasteiger partial charge in [0, 0.05) is 18.7 Å². The minimum atomic E-state index is -3.01. The van der Waals surface area contributed by atoms with E-state index in [1.54, 1.807) is 13.0 Å². The van der Waals surface area contributed by atoms with Crippen LogP contribution in [0.15, 0.2) is 10.6 Å². The van der Waals surface area contributed by atoms with Crippen molar-refractivity contribution in [1.82, 2.24) is 10.1 Å². The zero-order valence-corrected chi connectivity index (χ0v) is 13.4. The fraction of sp³-hybridized carbons (Fsp3) is 0.714. The molecule has 3 rings (SSSR count). The van der Waals surface area contributed by atoms with E-state index in [0.717, 1.165) is 19.3 Å². The van der Waals surface area contributed by atoms with Crippen molar-refractivity contribution in [2.24, 2.45) is 0 Å². The monoisotopic (exact) mass is 327 g/mol. The predicted molar refractivity (Wildman–Crippen MR) is 81.3 cm³/mol. The number of rotatable bonds is 3. The van der Waals surface area contributed by atoms with Crippen molar-refractivity contribution >= 4 is 21.6 Å². The highest BCUT2D eigenvalue weighted by Gasteiger charge is 2.42. The first-order chi connectivity index (χ1) is 10.5. The third-order valence-corrected chi connectivity index (χ3v) is 6.73. The van der Waals surface area contributed by atoms with Crippen LogP contribution < -0.4 is 5.32 Å². The molecule has 2 heterocycles. The zero-order chi connectivity index (χ0) is 15.7. The van der Waals surface area contributed by atoms with Crippen molar-refractivity contribution in [3.63, 3.8) is 0 Å². The Morgan fingerprint density at radius 2 is 2.23 bits per heavy atom. The van der Waals surface area contributed by atoms with Gasteiger partial charge in [-0.1, -0.05) is 18.0 Å². The fourth-order valence-electron chi connectivity index (χ4n) is 3.46. The summed E-state index contributed by atoms with van der Waals surface area (Å²) in [6, 6.07) is 1.62. The molecule has 0 bridgehead atoms. The molecule has 1 N–H and O–H groups in total. The maximum Gasteiger partial charge on any atom is 0.239 e. The summed E-state index contributed by atoms with van der Waals surface area (Å²) in [6.45, 7) is 2.38. The lowest BCUT2D eigenvalue weighted by Crippen LogP contribution is -2.57. The van der Waals surface area contributed by atoms with Gasteiger partial charge in [0.2, 0.25) is 5.91 Å². The zero-order valence-electron chi connectivity index (χ0n) is 12.6. The Hall–Kier alpha value is -1.41. The Labute approximate surface area is 129 Å². The molecule has 2 unspecified atom stereocenters. The molecule has 2 atom stereocenters. The first-order valence-corrected chi connectivity index (χ1v) is 9.36. The van der Waals surface area contributed by atoms with Crippen LogP contribution >= 0.6 is 0 Å². The average Bonchev–Trinajstić information content (AvgIpc) is 2.87. The molecule has 1 aliphatic heterocycles. The van der Waals surface area contributed by atoms with Gasteiger partial charge >= 0.3 is 0 Å². The highest BCUT2D eigenvalue weighted by molar-refractivity contribution is 7.92. The lowest BCUT2D eigenvalue weighted by atomic mass is 9.93. The summed E-state index contributed by atoms with van der Waals surface area (Å²) < 4.78 is 29.3. The third kappa shape index (κ3) is 3.17. The number of aromatic nitrogens is 1. The van der Waals surface area contributed by atoms with Crippen molar-refractivity contribution in [2.75, 3.05) is 24.2 Å². The van der Waals surface area contributed by atoms with Crippen LogP contribution in [0.3, 0.4) is 0 Å². The van der Waals surface area contributed by atoms with Crippen LogP contribution in [0.4, 0.5) is 5.82 Å². The van der Waals surface area contributed by atoms with Crippen molar-refractivity contribution in [1.29, 1.82) is 0 Å². The average molecular weight is 327 g/mol. The Balaban J connectivity index is 1.65. The summed E-state index contributed by atoms with van der Waals surface area (Å²) in [6.07, 6.45) is 3.55. The van der Waals surface area contributed by atoms with Gasteiger partial charge in [0.25, 0.3) is 0 Å². The van der Waals surface area contributed by atoms with Crippen LogP contribution in [0, 0.1) is 6.92 Å². The van der Waals surface area contributed by atoms with E-state index in [1.807, 2.05) is 4.90 Å². The standard InChI is InChI=1S/C14H21N3O4S/c1-10-8-13(16-21-10)15-14(18)9-17-6-7-22(19,20)12-5-3-2-4-11(12)17/h8,11-12H,2-7,9H2,1H3,(H,15,16,18). The number of aryl methyl sites for hydroxylation is 1. The number of carbonyl (C=O) groups is 1. The molecule has 1 aromatic heterocycles. The van der Waals surface area contributed by atoms with Crippen LogP contribution in [0.1, 0.15) is 31.4 Å². The van der Waals surface area contributed by atoms with Crippen molar-refractivity contribution in [3.05, 3.63) is 11.8 Å². The second-order valence-corrected chi connectivity index (χ2v) is 8.44. The van der Waals surface area contributed by atoms with Gasteiger partial charge in [0.05, 0.1) is 17.5 Å². The highest BCUT2D eigenvalue weighted by atomic mass is 32.2. The minimum absolute atomic E-state index is 0.0303. The number of carbonyl (C=O) groups excluding carboxylic acids is 1. The number of sulfone groups is 1. The number of hydrogen-bond donors (Lipinski definition) is 1. The molecule has 2 fully saturated rings. The summed E-state index contributed by atoms with van der Waals surface area (Å²) in [4.78, 5) is 14.1. The van der Waals surface area contributed by atoms with Gasteiger partial charge in [-0.25, -0.2) is 8.42 Å². The molecule has 0 spiro atoms. The minimum Gasteiger partial charge on any atom is -0.360 e. The number of nitrogens with zero attached hydrogens (tertiary/aromatic N) is 2. The van der Waals surface area contributed by atoms with Crippen LogP contribution in [0.25, 0.3) is 0 Å².